The van der Waals surface area contributed by atoms with E-state index in [9.17, 15) is 4.79 Å². The summed E-state index contributed by atoms with van der Waals surface area (Å²) in [6, 6.07) is 21.4. The minimum absolute atomic E-state index is 0.171. The smallest absolute Gasteiger partial charge is 0.261 e. The van der Waals surface area contributed by atoms with Crippen LogP contribution in [0.3, 0.4) is 0 Å². The monoisotopic (exact) mass is 436 g/mol. The van der Waals surface area contributed by atoms with Crippen molar-refractivity contribution >= 4 is 39.6 Å². The first-order valence-electron chi connectivity index (χ1n) is 9.66. The summed E-state index contributed by atoms with van der Waals surface area (Å²) in [4.78, 5) is 18.2. The Morgan fingerprint density at radius 3 is 2.67 bits per heavy atom. The van der Waals surface area contributed by atoms with Crippen molar-refractivity contribution in [2.24, 2.45) is 0 Å². The summed E-state index contributed by atoms with van der Waals surface area (Å²) in [6.45, 7) is 4.09. The summed E-state index contributed by atoms with van der Waals surface area (Å²) in [5.74, 6) is 0.528. The van der Waals surface area contributed by atoms with Crippen LogP contribution in [-0.4, -0.2) is 17.0 Å². The minimum atomic E-state index is -0.618. The molecule has 0 bridgehead atoms. The number of thiazole rings is 1. The predicted molar refractivity (Wildman–Crippen MR) is 123 cm³/mol. The molecular weight excluding hydrogens is 416 g/mol. The molecule has 0 aliphatic heterocycles. The van der Waals surface area contributed by atoms with Gasteiger partial charge in [0.1, 0.15) is 10.8 Å². The number of aromatic nitrogens is 1. The molecule has 152 valence electrons. The molecule has 0 aliphatic carbocycles. The van der Waals surface area contributed by atoms with Crippen molar-refractivity contribution in [3.05, 3.63) is 82.3 Å². The molecule has 0 spiro atoms. The number of carbonyl (C=O) groups is 1. The van der Waals surface area contributed by atoms with Crippen LogP contribution in [0.25, 0.3) is 21.3 Å². The first-order valence-corrected chi connectivity index (χ1v) is 10.9. The van der Waals surface area contributed by atoms with Gasteiger partial charge in [-0.3, -0.25) is 4.79 Å². The molecule has 4 rings (SSSR count). The van der Waals surface area contributed by atoms with Crippen LogP contribution in [-0.2, 0) is 11.3 Å². The molecule has 0 saturated heterocycles. The van der Waals surface area contributed by atoms with E-state index >= 15 is 0 Å². The topological polar surface area (TPSA) is 51.2 Å². The van der Waals surface area contributed by atoms with E-state index < -0.39 is 6.10 Å². The van der Waals surface area contributed by atoms with E-state index in [1.807, 2.05) is 73.7 Å². The molecule has 1 atom stereocenters. The molecule has 0 fully saturated rings. The largest absolute Gasteiger partial charge is 0.480 e. The molecule has 0 saturated carbocycles. The number of hydrogen-bond donors (Lipinski definition) is 1. The van der Waals surface area contributed by atoms with Crippen LogP contribution in [0.1, 0.15) is 17.5 Å². The summed E-state index contributed by atoms with van der Waals surface area (Å²) in [7, 11) is 0. The maximum absolute atomic E-state index is 12.6. The van der Waals surface area contributed by atoms with E-state index in [1.165, 1.54) is 11.3 Å². The lowest BCUT2D eigenvalue weighted by Crippen LogP contribution is -2.35. The number of halogens is 1. The molecule has 30 heavy (non-hydrogen) atoms. The number of fused-ring (bicyclic) bond motifs is 1. The first-order chi connectivity index (χ1) is 14.5. The number of nitrogens with one attached hydrogen (secondary N) is 1. The van der Waals surface area contributed by atoms with Crippen molar-refractivity contribution in [1.29, 1.82) is 0 Å². The highest BCUT2D eigenvalue weighted by Gasteiger charge is 2.17. The van der Waals surface area contributed by atoms with Gasteiger partial charge in [0.2, 0.25) is 0 Å². The number of ether oxygens (including phenoxy) is 1. The van der Waals surface area contributed by atoms with Gasteiger partial charge in [-0.2, -0.15) is 0 Å². The molecule has 1 aromatic heterocycles. The molecule has 1 unspecified atom stereocenters. The van der Waals surface area contributed by atoms with Crippen LogP contribution in [0.4, 0.5) is 0 Å². The van der Waals surface area contributed by atoms with Gasteiger partial charge in [0, 0.05) is 15.8 Å². The van der Waals surface area contributed by atoms with Crippen molar-refractivity contribution < 1.29 is 9.53 Å². The number of benzene rings is 3. The Labute approximate surface area is 184 Å². The molecular formula is C24H21ClN2O2S. The number of hydrogen-bond acceptors (Lipinski definition) is 4. The minimum Gasteiger partial charge on any atom is -0.480 e. The van der Waals surface area contributed by atoms with E-state index in [-0.39, 0.29) is 5.91 Å². The predicted octanol–water partition coefficient (Wildman–Crippen LogP) is 6.01. The van der Waals surface area contributed by atoms with Crippen LogP contribution in [0.2, 0.25) is 5.02 Å². The number of carbonyl (C=O) groups excluding carboxylic acids is 1. The van der Waals surface area contributed by atoms with Crippen LogP contribution in [0, 0.1) is 6.92 Å². The molecule has 3 aromatic carbocycles. The fourth-order valence-corrected chi connectivity index (χ4v) is 4.52. The second kappa shape index (κ2) is 8.86. The number of rotatable bonds is 6. The quantitative estimate of drug-likeness (QED) is 0.402. The SMILES string of the molecule is Cc1nc(-c2ccccc2Cl)sc1CNC(=O)C(C)Oc1cccc2ccccc12. The van der Waals surface area contributed by atoms with E-state index in [0.29, 0.717) is 17.3 Å². The van der Waals surface area contributed by atoms with Crippen LogP contribution in [0.15, 0.2) is 66.7 Å². The Morgan fingerprint density at radius 1 is 1.10 bits per heavy atom. The van der Waals surface area contributed by atoms with Crippen molar-refractivity contribution in [2.75, 3.05) is 0 Å². The fourth-order valence-electron chi connectivity index (χ4n) is 3.20. The maximum Gasteiger partial charge on any atom is 0.261 e. The number of amides is 1. The third-order valence-corrected chi connectivity index (χ3v) is 6.36. The zero-order valence-electron chi connectivity index (χ0n) is 16.7. The normalized spacial score (nSPS) is 12.0. The Morgan fingerprint density at radius 2 is 1.83 bits per heavy atom. The number of nitrogens with zero attached hydrogens (tertiary/aromatic N) is 1. The summed E-state index contributed by atoms with van der Waals surface area (Å²) >= 11 is 7.82. The molecule has 1 N–H and O–H groups in total. The van der Waals surface area contributed by atoms with Gasteiger partial charge in [0.25, 0.3) is 5.91 Å². The summed E-state index contributed by atoms with van der Waals surface area (Å²) in [5.41, 5.74) is 1.79. The second-order valence-corrected chi connectivity index (χ2v) is 8.45. The Balaban J connectivity index is 1.43. The van der Waals surface area contributed by atoms with Gasteiger partial charge in [-0.25, -0.2) is 4.98 Å². The van der Waals surface area contributed by atoms with Gasteiger partial charge in [-0.1, -0.05) is 66.2 Å². The van der Waals surface area contributed by atoms with E-state index in [2.05, 4.69) is 10.3 Å². The van der Waals surface area contributed by atoms with Gasteiger partial charge in [-0.15, -0.1) is 11.3 Å². The molecule has 0 radical (unpaired) electrons. The Hall–Kier alpha value is -2.89. The lowest BCUT2D eigenvalue weighted by Gasteiger charge is -2.16. The van der Waals surface area contributed by atoms with Crippen molar-refractivity contribution in [3.63, 3.8) is 0 Å². The lowest BCUT2D eigenvalue weighted by atomic mass is 10.1. The summed E-state index contributed by atoms with van der Waals surface area (Å²) in [5, 5.41) is 6.54. The van der Waals surface area contributed by atoms with E-state index in [4.69, 9.17) is 16.3 Å². The molecule has 6 heteroatoms. The lowest BCUT2D eigenvalue weighted by molar-refractivity contribution is -0.127. The van der Waals surface area contributed by atoms with Crippen molar-refractivity contribution in [2.45, 2.75) is 26.5 Å². The Kier molecular flexibility index (Phi) is 6.02. The van der Waals surface area contributed by atoms with Gasteiger partial charge in [0.05, 0.1) is 17.3 Å². The fraction of sp³-hybridized carbons (Fsp3) is 0.167. The summed E-state index contributed by atoms with van der Waals surface area (Å²) in [6.07, 6.45) is -0.618. The van der Waals surface area contributed by atoms with Crippen LogP contribution < -0.4 is 10.1 Å². The zero-order chi connectivity index (χ0) is 21.1. The van der Waals surface area contributed by atoms with Gasteiger partial charge >= 0.3 is 0 Å². The highest BCUT2D eigenvalue weighted by atomic mass is 35.5. The van der Waals surface area contributed by atoms with Crippen molar-refractivity contribution in [3.8, 4) is 16.3 Å². The second-order valence-electron chi connectivity index (χ2n) is 6.96. The van der Waals surface area contributed by atoms with Crippen LogP contribution in [0.5, 0.6) is 5.75 Å². The Bertz CT molecular complexity index is 1200. The highest BCUT2D eigenvalue weighted by molar-refractivity contribution is 7.15. The van der Waals surface area contributed by atoms with Gasteiger partial charge in [0.15, 0.2) is 6.10 Å². The van der Waals surface area contributed by atoms with E-state index in [0.717, 1.165) is 31.9 Å². The molecule has 0 aliphatic rings. The summed E-state index contributed by atoms with van der Waals surface area (Å²) < 4.78 is 5.96. The molecule has 1 amide bonds. The maximum atomic E-state index is 12.6. The standard InChI is InChI=1S/C24H21ClN2O2S/c1-15-22(30-24(27-15)19-11-5-6-12-20(19)25)14-26-23(28)16(2)29-21-13-7-9-17-8-3-4-10-18(17)21/h3-13,16H,14H2,1-2H3,(H,26,28). The van der Waals surface area contributed by atoms with Crippen molar-refractivity contribution in [1.82, 2.24) is 10.3 Å². The average Bonchev–Trinajstić information content (AvgIpc) is 3.12. The highest BCUT2D eigenvalue weighted by Crippen LogP contribution is 2.32. The number of aryl methyl sites for hydroxylation is 1. The average molecular weight is 437 g/mol. The third kappa shape index (κ3) is 4.32. The van der Waals surface area contributed by atoms with Gasteiger partial charge in [-0.05, 0) is 31.4 Å². The zero-order valence-corrected chi connectivity index (χ0v) is 18.3. The molecule has 1 heterocycles. The third-order valence-electron chi connectivity index (χ3n) is 4.84. The first kappa shape index (κ1) is 20.4. The molecule has 4 aromatic rings. The van der Waals surface area contributed by atoms with Gasteiger partial charge < -0.3 is 10.1 Å². The molecule has 4 nitrogen and oxygen atoms in total. The van der Waals surface area contributed by atoms with E-state index in [1.54, 1.807) is 6.92 Å². The van der Waals surface area contributed by atoms with Crippen LogP contribution >= 0.6 is 22.9 Å².